The molecule has 3 heterocycles. The zero-order chi connectivity index (χ0) is 19.8. The quantitative estimate of drug-likeness (QED) is 0.852. The maximum atomic E-state index is 12.9. The van der Waals surface area contributed by atoms with Gasteiger partial charge in [0.1, 0.15) is 5.75 Å². The molecule has 1 N–H and O–H groups in total. The highest BCUT2D eigenvalue weighted by Gasteiger charge is 2.24. The van der Waals surface area contributed by atoms with Crippen LogP contribution in [0.15, 0.2) is 36.4 Å². The molecule has 0 aromatic heterocycles. The summed E-state index contributed by atoms with van der Waals surface area (Å²) >= 11 is 0. The van der Waals surface area contributed by atoms with Gasteiger partial charge in [0.15, 0.2) is 18.1 Å². The number of amides is 2. The number of benzene rings is 2. The number of anilines is 1. The number of rotatable bonds is 3. The predicted octanol–water partition coefficient (Wildman–Crippen LogP) is 1.70. The molecule has 150 valence electrons. The van der Waals surface area contributed by atoms with E-state index < -0.39 is 0 Å². The molecule has 8 heteroatoms. The van der Waals surface area contributed by atoms with E-state index in [0.29, 0.717) is 30.1 Å². The molecule has 8 nitrogen and oxygen atoms in total. The van der Waals surface area contributed by atoms with Gasteiger partial charge in [-0.3, -0.25) is 14.5 Å². The van der Waals surface area contributed by atoms with Gasteiger partial charge in [0.05, 0.1) is 5.69 Å². The highest BCUT2D eigenvalue weighted by atomic mass is 16.7. The summed E-state index contributed by atoms with van der Waals surface area (Å²) in [6.45, 7) is 3.99. The SMILES string of the molecule is O=C1COc2ccc(C(=O)N3CCN(Cc4ccc5c(c4)OCO5)CC3)cc2N1. The molecule has 0 radical (unpaired) electrons. The number of hydrogen-bond donors (Lipinski definition) is 1. The Hall–Kier alpha value is -3.26. The minimum atomic E-state index is -0.209. The van der Waals surface area contributed by atoms with Crippen LogP contribution in [0.25, 0.3) is 0 Å². The number of carbonyl (C=O) groups is 2. The number of fused-ring (bicyclic) bond motifs is 2. The first-order valence-corrected chi connectivity index (χ1v) is 9.62. The van der Waals surface area contributed by atoms with Crippen LogP contribution in [0.1, 0.15) is 15.9 Å². The molecule has 0 unspecified atom stereocenters. The number of hydrogen-bond acceptors (Lipinski definition) is 6. The average molecular weight is 395 g/mol. The minimum Gasteiger partial charge on any atom is -0.482 e. The van der Waals surface area contributed by atoms with Crippen molar-refractivity contribution in [3.05, 3.63) is 47.5 Å². The van der Waals surface area contributed by atoms with Crippen molar-refractivity contribution in [3.8, 4) is 17.2 Å². The number of piperazine rings is 1. The summed E-state index contributed by atoms with van der Waals surface area (Å²) < 4.78 is 16.2. The van der Waals surface area contributed by atoms with Crippen LogP contribution in [0.3, 0.4) is 0 Å². The van der Waals surface area contributed by atoms with Gasteiger partial charge in [-0.15, -0.1) is 0 Å². The highest BCUT2D eigenvalue weighted by molar-refractivity contribution is 5.99. The fraction of sp³-hybridized carbons (Fsp3) is 0.333. The van der Waals surface area contributed by atoms with Crippen molar-refractivity contribution in [2.45, 2.75) is 6.54 Å². The lowest BCUT2D eigenvalue weighted by molar-refractivity contribution is -0.118. The number of carbonyl (C=O) groups excluding carboxylic acids is 2. The Kier molecular flexibility index (Phi) is 4.48. The topological polar surface area (TPSA) is 80.3 Å². The second-order valence-electron chi connectivity index (χ2n) is 7.30. The first kappa shape index (κ1) is 17.8. The Morgan fingerprint density at radius 1 is 0.931 bits per heavy atom. The Labute approximate surface area is 167 Å². The molecule has 0 atom stereocenters. The fourth-order valence-corrected chi connectivity index (χ4v) is 3.81. The molecule has 5 rings (SSSR count). The predicted molar refractivity (Wildman–Crippen MR) is 104 cm³/mol. The number of nitrogens with one attached hydrogen (secondary N) is 1. The van der Waals surface area contributed by atoms with Crippen LogP contribution in [-0.2, 0) is 11.3 Å². The van der Waals surface area contributed by atoms with Crippen molar-refractivity contribution in [3.63, 3.8) is 0 Å². The van der Waals surface area contributed by atoms with E-state index in [1.807, 2.05) is 17.0 Å². The Bertz CT molecular complexity index is 969. The van der Waals surface area contributed by atoms with E-state index in [-0.39, 0.29) is 25.2 Å². The summed E-state index contributed by atoms with van der Waals surface area (Å²) in [5.74, 6) is 1.93. The lowest BCUT2D eigenvalue weighted by Gasteiger charge is -2.35. The smallest absolute Gasteiger partial charge is 0.262 e. The molecule has 0 spiro atoms. The van der Waals surface area contributed by atoms with Gasteiger partial charge in [0.25, 0.3) is 11.8 Å². The van der Waals surface area contributed by atoms with Gasteiger partial charge in [0, 0.05) is 38.3 Å². The van der Waals surface area contributed by atoms with E-state index >= 15 is 0 Å². The van der Waals surface area contributed by atoms with Gasteiger partial charge >= 0.3 is 0 Å². The molecule has 3 aliphatic heterocycles. The second kappa shape index (κ2) is 7.29. The van der Waals surface area contributed by atoms with Crippen LogP contribution in [-0.4, -0.2) is 61.2 Å². The van der Waals surface area contributed by atoms with E-state index in [1.54, 1.807) is 18.2 Å². The standard InChI is InChI=1S/C21H21N3O5/c25-20-12-27-17-4-2-15(10-16(17)22-20)21(26)24-7-5-23(6-8-24)11-14-1-3-18-19(9-14)29-13-28-18/h1-4,9-10H,5-8,11-13H2,(H,22,25). The molecular weight excluding hydrogens is 374 g/mol. The molecule has 0 bridgehead atoms. The van der Waals surface area contributed by atoms with Gasteiger partial charge in [-0.05, 0) is 35.9 Å². The van der Waals surface area contributed by atoms with Crippen molar-refractivity contribution in [1.82, 2.24) is 9.80 Å². The summed E-state index contributed by atoms with van der Waals surface area (Å²) in [6.07, 6.45) is 0. The lowest BCUT2D eigenvalue weighted by Crippen LogP contribution is -2.48. The maximum Gasteiger partial charge on any atom is 0.262 e. The van der Waals surface area contributed by atoms with Gasteiger partial charge in [-0.25, -0.2) is 0 Å². The molecular formula is C21H21N3O5. The van der Waals surface area contributed by atoms with Crippen molar-refractivity contribution in [2.75, 3.05) is 44.9 Å². The molecule has 1 saturated heterocycles. The highest BCUT2D eigenvalue weighted by Crippen LogP contribution is 2.33. The van der Waals surface area contributed by atoms with Crippen LogP contribution < -0.4 is 19.5 Å². The van der Waals surface area contributed by atoms with Gasteiger partial charge in [0.2, 0.25) is 6.79 Å². The molecule has 1 fully saturated rings. The van der Waals surface area contributed by atoms with Gasteiger partial charge < -0.3 is 24.4 Å². The number of ether oxygens (including phenoxy) is 3. The van der Waals surface area contributed by atoms with E-state index in [9.17, 15) is 9.59 Å². The fourth-order valence-electron chi connectivity index (χ4n) is 3.81. The zero-order valence-electron chi connectivity index (χ0n) is 15.8. The largest absolute Gasteiger partial charge is 0.482 e. The van der Waals surface area contributed by atoms with Crippen LogP contribution in [0.5, 0.6) is 17.2 Å². The van der Waals surface area contributed by atoms with Crippen molar-refractivity contribution in [2.24, 2.45) is 0 Å². The summed E-state index contributed by atoms with van der Waals surface area (Å²) in [5.41, 5.74) is 2.27. The Morgan fingerprint density at radius 3 is 2.59 bits per heavy atom. The Balaban J connectivity index is 1.20. The van der Waals surface area contributed by atoms with Crippen LogP contribution in [0.4, 0.5) is 5.69 Å². The van der Waals surface area contributed by atoms with Crippen LogP contribution >= 0.6 is 0 Å². The number of nitrogens with zero attached hydrogens (tertiary/aromatic N) is 2. The molecule has 29 heavy (non-hydrogen) atoms. The van der Waals surface area contributed by atoms with E-state index in [0.717, 1.165) is 31.1 Å². The Morgan fingerprint density at radius 2 is 1.72 bits per heavy atom. The third kappa shape index (κ3) is 3.58. The monoisotopic (exact) mass is 395 g/mol. The lowest BCUT2D eigenvalue weighted by atomic mass is 10.1. The van der Waals surface area contributed by atoms with Crippen molar-refractivity contribution in [1.29, 1.82) is 0 Å². The third-order valence-electron chi connectivity index (χ3n) is 5.36. The second-order valence-corrected chi connectivity index (χ2v) is 7.30. The minimum absolute atomic E-state index is 0.00558. The van der Waals surface area contributed by atoms with E-state index in [2.05, 4.69) is 16.3 Å². The van der Waals surface area contributed by atoms with Gasteiger partial charge in [-0.2, -0.15) is 0 Å². The van der Waals surface area contributed by atoms with Crippen LogP contribution in [0, 0.1) is 0 Å². The van der Waals surface area contributed by atoms with Crippen LogP contribution in [0.2, 0.25) is 0 Å². The maximum absolute atomic E-state index is 12.9. The third-order valence-corrected chi connectivity index (χ3v) is 5.36. The molecule has 2 aromatic rings. The first-order chi connectivity index (χ1) is 14.2. The normalized spacial score (nSPS) is 18.1. The van der Waals surface area contributed by atoms with E-state index in [1.165, 1.54) is 5.56 Å². The summed E-state index contributed by atoms with van der Waals surface area (Å²) in [5, 5.41) is 2.75. The molecule has 0 aliphatic carbocycles. The molecule has 0 saturated carbocycles. The average Bonchev–Trinajstić information content (AvgIpc) is 3.21. The summed E-state index contributed by atoms with van der Waals surface area (Å²) in [4.78, 5) is 28.6. The van der Waals surface area contributed by atoms with Crippen molar-refractivity contribution >= 4 is 17.5 Å². The summed E-state index contributed by atoms with van der Waals surface area (Å²) in [6, 6.07) is 11.2. The summed E-state index contributed by atoms with van der Waals surface area (Å²) in [7, 11) is 0. The molecule has 3 aliphatic rings. The molecule has 2 aromatic carbocycles. The van der Waals surface area contributed by atoms with Crippen molar-refractivity contribution < 1.29 is 23.8 Å². The molecule has 2 amide bonds. The van der Waals surface area contributed by atoms with E-state index in [4.69, 9.17) is 14.2 Å². The van der Waals surface area contributed by atoms with Gasteiger partial charge in [-0.1, -0.05) is 6.07 Å². The zero-order valence-corrected chi connectivity index (χ0v) is 15.8. The first-order valence-electron chi connectivity index (χ1n) is 9.62.